The fourth-order valence-electron chi connectivity index (χ4n) is 1.18. The van der Waals surface area contributed by atoms with E-state index in [4.69, 9.17) is 5.11 Å². The minimum atomic E-state index is -0.935. The molecule has 0 radical (unpaired) electrons. The quantitative estimate of drug-likeness (QED) is 0.788. The van der Waals surface area contributed by atoms with Crippen molar-refractivity contribution in [3.63, 3.8) is 0 Å². The maximum atomic E-state index is 10.9. The van der Waals surface area contributed by atoms with Gasteiger partial charge < -0.3 is 5.11 Å². The summed E-state index contributed by atoms with van der Waals surface area (Å²) < 4.78 is 0.660. The van der Waals surface area contributed by atoms with Crippen molar-refractivity contribution in [2.24, 2.45) is 0 Å². The average Bonchev–Trinajstić information content (AvgIpc) is 2.01. The molecule has 0 saturated carbocycles. The van der Waals surface area contributed by atoms with Gasteiger partial charge >= 0.3 is 5.97 Å². The molecule has 4 heteroatoms. The molecule has 1 N–H and O–H groups in total. The first-order valence-corrected chi connectivity index (χ1v) is 5.02. The molecular formula is C10H12BrNO2. The number of carboxylic acid groups (broad SMARTS) is 1. The van der Waals surface area contributed by atoms with Gasteiger partial charge in [0, 0.05) is 5.41 Å². The summed E-state index contributed by atoms with van der Waals surface area (Å²) in [5, 5.41) is 8.96. The number of hydrogen-bond donors (Lipinski definition) is 1. The number of pyridine rings is 1. The Morgan fingerprint density at radius 3 is 2.43 bits per heavy atom. The van der Waals surface area contributed by atoms with E-state index in [1.165, 1.54) is 0 Å². The fraction of sp³-hybridized carbons (Fsp3) is 0.400. The van der Waals surface area contributed by atoms with Crippen LogP contribution in [-0.4, -0.2) is 16.1 Å². The molecule has 14 heavy (non-hydrogen) atoms. The highest BCUT2D eigenvalue weighted by molar-refractivity contribution is 9.10. The third-order valence-electron chi connectivity index (χ3n) is 1.80. The number of halogens is 1. The Hall–Kier alpha value is -0.900. The van der Waals surface area contributed by atoms with Gasteiger partial charge in [-0.15, -0.1) is 0 Å². The summed E-state index contributed by atoms with van der Waals surface area (Å²) in [6, 6.07) is 3.21. The number of carbonyl (C=O) groups is 1. The fourth-order valence-corrected chi connectivity index (χ4v) is 1.49. The van der Waals surface area contributed by atoms with Crippen LogP contribution in [0, 0.1) is 0 Å². The van der Waals surface area contributed by atoms with Crippen molar-refractivity contribution in [2.75, 3.05) is 0 Å². The lowest BCUT2D eigenvalue weighted by Crippen LogP contribution is -2.19. The van der Waals surface area contributed by atoms with Crippen LogP contribution >= 0.6 is 15.9 Å². The standard InChI is InChI=1S/C10H12BrNO2/c1-10(2,3)8-6(9(13)14)4-5-7(11)12-8/h4-5H,1-3H3,(H,13,14). The molecule has 0 saturated heterocycles. The Labute approximate surface area is 91.3 Å². The maximum Gasteiger partial charge on any atom is 0.337 e. The normalized spacial score (nSPS) is 11.4. The molecule has 1 aromatic heterocycles. The van der Waals surface area contributed by atoms with E-state index in [1.807, 2.05) is 20.8 Å². The predicted molar refractivity (Wildman–Crippen MR) is 57.6 cm³/mol. The van der Waals surface area contributed by atoms with Gasteiger partial charge in [0.25, 0.3) is 0 Å². The third-order valence-corrected chi connectivity index (χ3v) is 2.24. The zero-order chi connectivity index (χ0) is 10.9. The Kier molecular flexibility index (Phi) is 2.95. The predicted octanol–water partition coefficient (Wildman–Crippen LogP) is 2.84. The molecule has 0 aliphatic rings. The van der Waals surface area contributed by atoms with Crippen molar-refractivity contribution >= 4 is 21.9 Å². The van der Waals surface area contributed by atoms with Gasteiger partial charge in [-0.1, -0.05) is 20.8 Å². The molecule has 0 aliphatic carbocycles. The first-order chi connectivity index (χ1) is 6.32. The lowest BCUT2D eigenvalue weighted by atomic mass is 9.88. The topological polar surface area (TPSA) is 50.2 Å². The monoisotopic (exact) mass is 257 g/mol. The molecule has 76 valence electrons. The zero-order valence-electron chi connectivity index (χ0n) is 8.34. The number of aromatic nitrogens is 1. The molecule has 0 aromatic carbocycles. The first-order valence-electron chi connectivity index (χ1n) is 4.22. The van der Waals surface area contributed by atoms with E-state index in [0.717, 1.165) is 0 Å². The molecule has 1 heterocycles. The average molecular weight is 258 g/mol. The first kappa shape index (κ1) is 11.2. The second-order valence-corrected chi connectivity index (χ2v) is 4.90. The number of carboxylic acids is 1. The smallest absolute Gasteiger partial charge is 0.337 e. The van der Waals surface area contributed by atoms with Crippen LogP contribution in [0.3, 0.4) is 0 Å². The van der Waals surface area contributed by atoms with Crippen LogP contribution in [0.25, 0.3) is 0 Å². The molecule has 0 spiro atoms. The Morgan fingerprint density at radius 2 is 2.00 bits per heavy atom. The van der Waals surface area contributed by atoms with Gasteiger partial charge in [-0.05, 0) is 28.1 Å². The van der Waals surface area contributed by atoms with Crippen molar-refractivity contribution in [3.8, 4) is 0 Å². The Morgan fingerprint density at radius 1 is 1.43 bits per heavy atom. The minimum Gasteiger partial charge on any atom is -0.478 e. The summed E-state index contributed by atoms with van der Waals surface area (Å²) in [6.07, 6.45) is 0. The summed E-state index contributed by atoms with van der Waals surface area (Å²) in [6.45, 7) is 5.82. The van der Waals surface area contributed by atoms with Crippen LogP contribution in [0.2, 0.25) is 0 Å². The highest BCUT2D eigenvalue weighted by Crippen LogP contribution is 2.25. The lowest BCUT2D eigenvalue weighted by molar-refractivity contribution is 0.0693. The van der Waals surface area contributed by atoms with E-state index >= 15 is 0 Å². The van der Waals surface area contributed by atoms with Crippen molar-refractivity contribution < 1.29 is 9.90 Å². The molecule has 0 atom stereocenters. The van der Waals surface area contributed by atoms with Gasteiger partial charge in [-0.3, -0.25) is 0 Å². The van der Waals surface area contributed by atoms with Gasteiger partial charge in [0.2, 0.25) is 0 Å². The molecular weight excluding hydrogens is 246 g/mol. The summed E-state index contributed by atoms with van der Waals surface area (Å²) >= 11 is 3.23. The van der Waals surface area contributed by atoms with Crippen molar-refractivity contribution in [1.82, 2.24) is 4.98 Å². The van der Waals surface area contributed by atoms with Crippen LogP contribution in [0.4, 0.5) is 0 Å². The van der Waals surface area contributed by atoms with Gasteiger partial charge in [0.15, 0.2) is 0 Å². The maximum absolute atomic E-state index is 10.9. The molecule has 0 unspecified atom stereocenters. The van der Waals surface area contributed by atoms with E-state index in [0.29, 0.717) is 10.3 Å². The van der Waals surface area contributed by atoms with Crippen LogP contribution in [0.1, 0.15) is 36.8 Å². The van der Waals surface area contributed by atoms with E-state index in [-0.39, 0.29) is 11.0 Å². The number of hydrogen-bond acceptors (Lipinski definition) is 2. The summed E-state index contributed by atoms with van der Waals surface area (Å²) in [5.41, 5.74) is 0.595. The molecule has 3 nitrogen and oxygen atoms in total. The molecule has 0 fully saturated rings. The molecule has 1 aromatic rings. The van der Waals surface area contributed by atoms with Gasteiger partial charge in [-0.25, -0.2) is 9.78 Å². The van der Waals surface area contributed by atoms with E-state index in [1.54, 1.807) is 12.1 Å². The number of aromatic carboxylic acids is 1. The van der Waals surface area contributed by atoms with Gasteiger partial charge in [0.1, 0.15) is 4.60 Å². The van der Waals surface area contributed by atoms with Gasteiger partial charge in [0.05, 0.1) is 11.3 Å². The summed E-state index contributed by atoms with van der Waals surface area (Å²) in [7, 11) is 0. The second kappa shape index (κ2) is 3.69. The lowest BCUT2D eigenvalue weighted by Gasteiger charge is -2.19. The third kappa shape index (κ3) is 2.32. The van der Waals surface area contributed by atoms with Crippen molar-refractivity contribution in [1.29, 1.82) is 0 Å². The van der Waals surface area contributed by atoms with Crippen LogP contribution in [-0.2, 0) is 5.41 Å². The van der Waals surface area contributed by atoms with Crippen molar-refractivity contribution in [3.05, 3.63) is 28.0 Å². The SMILES string of the molecule is CC(C)(C)c1nc(Br)ccc1C(=O)O. The van der Waals surface area contributed by atoms with E-state index in [9.17, 15) is 4.79 Å². The van der Waals surface area contributed by atoms with Crippen molar-refractivity contribution in [2.45, 2.75) is 26.2 Å². The van der Waals surface area contributed by atoms with Crippen LogP contribution in [0.5, 0.6) is 0 Å². The minimum absolute atomic E-state index is 0.265. The van der Waals surface area contributed by atoms with E-state index in [2.05, 4.69) is 20.9 Å². The number of nitrogens with zero attached hydrogens (tertiary/aromatic N) is 1. The zero-order valence-corrected chi connectivity index (χ0v) is 9.92. The summed E-state index contributed by atoms with van der Waals surface area (Å²) in [5.74, 6) is -0.935. The molecule has 1 rings (SSSR count). The summed E-state index contributed by atoms with van der Waals surface area (Å²) in [4.78, 5) is 15.1. The van der Waals surface area contributed by atoms with Crippen LogP contribution in [0.15, 0.2) is 16.7 Å². The molecule has 0 aliphatic heterocycles. The molecule has 0 amide bonds. The second-order valence-electron chi connectivity index (χ2n) is 4.09. The number of rotatable bonds is 1. The highest BCUT2D eigenvalue weighted by atomic mass is 79.9. The highest BCUT2D eigenvalue weighted by Gasteiger charge is 2.23. The largest absolute Gasteiger partial charge is 0.478 e. The Bertz CT molecular complexity index is 369. The van der Waals surface area contributed by atoms with Crippen LogP contribution < -0.4 is 0 Å². The van der Waals surface area contributed by atoms with Gasteiger partial charge in [-0.2, -0.15) is 0 Å². The van der Waals surface area contributed by atoms with E-state index < -0.39 is 5.97 Å². The Balaban J connectivity index is 3.38. The molecule has 0 bridgehead atoms.